The Bertz CT molecular complexity index is 1460. The molecule has 0 aliphatic heterocycles. The van der Waals surface area contributed by atoms with Gasteiger partial charge in [0.15, 0.2) is 0 Å². The Labute approximate surface area is 471 Å². The van der Waals surface area contributed by atoms with Gasteiger partial charge in [-0.2, -0.15) is 0 Å². The van der Waals surface area contributed by atoms with E-state index in [1.807, 2.05) is 41.5 Å². The van der Waals surface area contributed by atoms with E-state index < -0.39 is 53.8 Å². The van der Waals surface area contributed by atoms with E-state index in [1.54, 1.807) is 0 Å². The molecule has 0 fully saturated rings. The molecule has 14 heteroatoms. The summed E-state index contributed by atoms with van der Waals surface area (Å²) in [6.45, 7) is 18.0. The largest absolute Gasteiger partial charge is 1.00 e. The van der Waals surface area contributed by atoms with Crippen molar-refractivity contribution in [1.82, 2.24) is 21.3 Å². The van der Waals surface area contributed by atoms with Crippen LogP contribution in [0.5, 0.6) is 0 Å². The number of hydrogen-bond donors (Lipinski definition) is 4. The van der Waals surface area contributed by atoms with Gasteiger partial charge >= 0.3 is 11.9 Å². The number of nitrogens with zero attached hydrogens (tertiary/aromatic N) is 1. The van der Waals surface area contributed by atoms with Crippen molar-refractivity contribution in [3.63, 3.8) is 0 Å². The van der Waals surface area contributed by atoms with E-state index in [4.69, 9.17) is 9.47 Å². The topological polar surface area (TPSA) is 169 Å². The minimum absolute atomic E-state index is 0. The molecular formula is C61H118BrN5O8. The van der Waals surface area contributed by atoms with Crippen LogP contribution in [0.25, 0.3) is 0 Å². The van der Waals surface area contributed by atoms with Crippen molar-refractivity contribution in [1.29, 1.82) is 0 Å². The van der Waals surface area contributed by atoms with Crippen molar-refractivity contribution >= 4 is 35.6 Å². The lowest BCUT2D eigenvalue weighted by Gasteiger charge is -2.28. The normalized spacial score (nSPS) is 13.2. The molecule has 4 amide bonds. The summed E-state index contributed by atoms with van der Waals surface area (Å²) in [6.07, 6.45) is 33.3. The molecule has 0 aromatic carbocycles. The number of nitrogens with one attached hydrogen (secondary N) is 4. The third kappa shape index (κ3) is 45.9. The molecule has 0 aliphatic rings. The third-order valence-electron chi connectivity index (χ3n) is 13.8. The van der Waals surface area contributed by atoms with Gasteiger partial charge in [-0.1, -0.05) is 203 Å². The van der Waals surface area contributed by atoms with Crippen LogP contribution in [0.4, 0.5) is 0 Å². The van der Waals surface area contributed by atoms with E-state index in [0.717, 1.165) is 68.7 Å². The monoisotopic (exact) mass is 1130 g/mol. The molecular weight excluding hydrogens is 1010 g/mol. The summed E-state index contributed by atoms with van der Waals surface area (Å²) >= 11 is 0. The first-order valence-corrected chi connectivity index (χ1v) is 30.6. The van der Waals surface area contributed by atoms with Crippen LogP contribution in [-0.4, -0.2) is 105 Å². The number of unbranched alkanes of at least 4 members (excludes halogenated alkanes) is 25. The van der Waals surface area contributed by atoms with Gasteiger partial charge in [-0.05, 0) is 75.5 Å². The minimum atomic E-state index is -1.12. The molecule has 75 heavy (non-hydrogen) atoms. The van der Waals surface area contributed by atoms with Crippen molar-refractivity contribution in [3.8, 4) is 0 Å². The van der Waals surface area contributed by atoms with Gasteiger partial charge in [0.25, 0.3) is 0 Å². The second kappa shape index (κ2) is 48.4. The zero-order chi connectivity index (χ0) is 55.4. The predicted molar refractivity (Wildman–Crippen MR) is 305 cm³/mol. The highest BCUT2D eigenvalue weighted by molar-refractivity contribution is 5.95. The first-order valence-electron chi connectivity index (χ1n) is 30.6. The van der Waals surface area contributed by atoms with Crippen LogP contribution in [0, 0.1) is 17.8 Å². The van der Waals surface area contributed by atoms with E-state index in [0.29, 0.717) is 32.3 Å². The van der Waals surface area contributed by atoms with Crippen molar-refractivity contribution in [2.24, 2.45) is 17.8 Å². The molecule has 0 rings (SSSR count). The SMILES string of the molecule is CCCCCCCCCCCCOC(=O)CC[C@H](NC(=O)[C@H](CC(C)C)NC(=O)[C@H](CC(C)C)NC(=O)[C@H](CC(C)C)NC(=O)CCCCCCCCCC[N+](C)(C)C)C(=O)OCCCCCCCCCCCC.[Br-]. The second-order valence-electron chi connectivity index (χ2n) is 24.1. The molecule has 0 saturated carbocycles. The number of hydrogen-bond acceptors (Lipinski definition) is 8. The maximum absolute atomic E-state index is 14.2. The summed E-state index contributed by atoms with van der Waals surface area (Å²) in [4.78, 5) is 82.1. The Morgan fingerprint density at radius 3 is 1.08 bits per heavy atom. The van der Waals surface area contributed by atoms with Crippen LogP contribution in [0.15, 0.2) is 0 Å². The number of ether oxygens (including phenoxy) is 2. The third-order valence-corrected chi connectivity index (χ3v) is 13.8. The van der Waals surface area contributed by atoms with Gasteiger partial charge < -0.3 is 52.2 Å². The van der Waals surface area contributed by atoms with Crippen molar-refractivity contribution in [2.45, 2.75) is 298 Å². The second-order valence-corrected chi connectivity index (χ2v) is 24.1. The number of carbonyl (C=O) groups is 6. The maximum atomic E-state index is 14.2. The van der Waals surface area contributed by atoms with Gasteiger partial charge in [0.1, 0.15) is 24.2 Å². The molecule has 13 nitrogen and oxygen atoms in total. The van der Waals surface area contributed by atoms with Crippen molar-refractivity contribution in [2.75, 3.05) is 40.9 Å². The van der Waals surface area contributed by atoms with Crippen LogP contribution in [0.3, 0.4) is 0 Å². The van der Waals surface area contributed by atoms with E-state index in [2.05, 4.69) is 56.3 Å². The zero-order valence-corrected chi connectivity index (χ0v) is 51.9. The lowest BCUT2D eigenvalue weighted by atomic mass is 9.98. The Morgan fingerprint density at radius 1 is 0.387 bits per heavy atom. The van der Waals surface area contributed by atoms with E-state index >= 15 is 0 Å². The Morgan fingerprint density at radius 2 is 0.707 bits per heavy atom. The highest BCUT2D eigenvalue weighted by Crippen LogP contribution is 2.16. The summed E-state index contributed by atoms with van der Waals surface area (Å²) in [5.41, 5.74) is 0. The van der Waals surface area contributed by atoms with Gasteiger partial charge in [0.05, 0.1) is 40.9 Å². The maximum Gasteiger partial charge on any atom is 0.328 e. The van der Waals surface area contributed by atoms with Crippen LogP contribution in [0.2, 0.25) is 0 Å². The molecule has 0 bridgehead atoms. The lowest BCUT2D eigenvalue weighted by Crippen LogP contribution is -3.00. The molecule has 0 heterocycles. The Hall–Kier alpha value is -2.74. The quantitative estimate of drug-likeness (QED) is 0.0265. The molecule has 4 N–H and O–H groups in total. The molecule has 442 valence electrons. The van der Waals surface area contributed by atoms with Crippen LogP contribution in [0.1, 0.15) is 274 Å². The van der Waals surface area contributed by atoms with Gasteiger partial charge in [-0.15, -0.1) is 0 Å². The minimum Gasteiger partial charge on any atom is -1.00 e. The zero-order valence-electron chi connectivity index (χ0n) is 50.3. The summed E-state index contributed by atoms with van der Waals surface area (Å²) in [5, 5.41) is 11.6. The van der Waals surface area contributed by atoms with Crippen molar-refractivity contribution in [3.05, 3.63) is 0 Å². The molecule has 0 aromatic heterocycles. The Balaban J connectivity index is 0. The number of quaternary nitrogens is 1. The molecule has 4 atom stereocenters. The first kappa shape index (κ1) is 74.3. The van der Waals surface area contributed by atoms with E-state index in [1.165, 1.54) is 116 Å². The van der Waals surface area contributed by atoms with Gasteiger partial charge in [0.2, 0.25) is 23.6 Å². The molecule has 0 aromatic rings. The fraction of sp³-hybridized carbons (Fsp3) is 0.902. The van der Waals surface area contributed by atoms with E-state index in [-0.39, 0.29) is 66.5 Å². The molecule has 0 aliphatic carbocycles. The van der Waals surface area contributed by atoms with Crippen LogP contribution in [-0.2, 0) is 38.2 Å². The van der Waals surface area contributed by atoms with Gasteiger partial charge in [-0.25, -0.2) is 4.79 Å². The summed E-state index contributed by atoms with van der Waals surface area (Å²) in [7, 11) is 6.69. The summed E-state index contributed by atoms with van der Waals surface area (Å²) in [5.74, 6) is -2.65. The number of rotatable bonds is 50. The first-order chi connectivity index (χ1) is 35.3. The lowest BCUT2D eigenvalue weighted by molar-refractivity contribution is -0.870. The van der Waals surface area contributed by atoms with Gasteiger partial charge in [-0.3, -0.25) is 24.0 Å². The fourth-order valence-corrected chi connectivity index (χ4v) is 9.35. The van der Waals surface area contributed by atoms with E-state index in [9.17, 15) is 28.8 Å². The van der Waals surface area contributed by atoms with Crippen molar-refractivity contribution < 1.29 is 59.7 Å². The standard InChI is InChI=1S/C61H117N5O8.BrH/c1-12-14-16-18-20-22-26-30-34-38-44-73-57(68)42-41-52(61(72)74-45-39-35-31-27-23-21-19-17-15-13-2)63-59(70)54(47-50(5)6)65-60(71)55(48-51(7)8)64-58(69)53(46-49(3)4)62-56(67)40-36-32-28-24-25-29-33-37-43-66(9,10)11;/h49-55H,12-48H2,1-11H3,(H3-,62,63,64,65,67,69,70,71);1H/t52-,53-,54-,55-;/m0./s1. The summed E-state index contributed by atoms with van der Waals surface area (Å²) in [6, 6.07) is -3.95. The van der Waals surface area contributed by atoms with Gasteiger partial charge in [0, 0.05) is 12.8 Å². The Kier molecular flexibility index (Phi) is 48.0. The van der Waals surface area contributed by atoms with Crippen LogP contribution < -0.4 is 38.2 Å². The number of carbonyl (C=O) groups excluding carboxylic acids is 6. The number of halogens is 1. The summed E-state index contributed by atoms with van der Waals surface area (Å²) < 4.78 is 12.3. The fourth-order valence-electron chi connectivity index (χ4n) is 9.35. The average molecular weight is 1130 g/mol. The highest BCUT2D eigenvalue weighted by Gasteiger charge is 2.33. The average Bonchev–Trinajstić information content (AvgIpc) is 3.32. The highest BCUT2D eigenvalue weighted by atomic mass is 79.9. The molecule has 0 radical (unpaired) electrons. The molecule has 0 spiro atoms. The predicted octanol–water partition coefficient (Wildman–Crippen LogP) is 9.99. The van der Waals surface area contributed by atoms with Crippen LogP contribution >= 0.6 is 0 Å². The number of esters is 2. The molecule has 0 unspecified atom stereocenters. The smallest absolute Gasteiger partial charge is 0.328 e. The number of amides is 4. The molecule has 0 saturated heterocycles.